The fourth-order valence-electron chi connectivity index (χ4n) is 4.34. The highest BCUT2D eigenvalue weighted by atomic mass is 32.2. The number of rotatable bonds is 17. The summed E-state index contributed by atoms with van der Waals surface area (Å²) in [5.74, 6) is -2.27. The monoisotopic (exact) mass is 614 g/mol. The molecule has 0 heterocycles. The Balaban J connectivity index is 2.72. The molecule has 2 atom stereocenters. The minimum Gasteiger partial charge on any atom is -0.480 e. The first-order chi connectivity index (χ1) is 19.6. The molecule has 12 nitrogen and oxygen atoms in total. The van der Waals surface area contributed by atoms with Crippen molar-refractivity contribution in [2.24, 2.45) is 5.92 Å². The molecule has 42 heavy (non-hydrogen) atoms. The van der Waals surface area contributed by atoms with Gasteiger partial charge in [-0.15, -0.1) is 0 Å². The molecule has 0 bridgehead atoms. The number of unbranched alkanes of at least 4 members (excludes halogenated alkanes) is 1. The van der Waals surface area contributed by atoms with Crippen LogP contribution in [0, 0.1) is 5.92 Å². The van der Waals surface area contributed by atoms with E-state index in [4.69, 9.17) is 9.84 Å². The predicted molar refractivity (Wildman–Crippen MR) is 161 cm³/mol. The van der Waals surface area contributed by atoms with Crippen molar-refractivity contribution in [3.8, 4) is 0 Å². The van der Waals surface area contributed by atoms with Gasteiger partial charge in [0.25, 0.3) is 0 Å². The summed E-state index contributed by atoms with van der Waals surface area (Å²) < 4.78 is 5.22. The summed E-state index contributed by atoms with van der Waals surface area (Å²) in [6, 6.07) is -1.63. The maximum absolute atomic E-state index is 13.3. The van der Waals surface area contributed by atoms with E-state index >= 15 is 0 Å². The number of hydrogen-bond acceptors (Lipinski definition) is 8. The zero-order valence-corrected chi connectivity index (χ0v) is 26.7. The quantitative estimate of drug-likeness (QED) is 0.154. The number of nitrogens with one attached hydrogen (secondary N) is 4. The number of hydrogen-bond donors (Lipinski definition) is 5. The van der Waals surface area contributed by atoms with Gasteiger partial charge in [0.1, 0.15) is 17.2 Å². The summed E-state index contributed by atoms with van der Waals surface area (Å²) in [6.45, 7) is 10.3. The molecule has 1 fully saturated rings. The Kier molecular flexibility index (Phi) is 15.9. The van der Waals surface area contributed by atoms with Crippen LogP contribution in [0.2, 0.25) is 0 Å². The lowest BCUT2D eigenvalue weighted by atomic mass is 10.0. The number of carbonyl (C=O) groups excluding carboxylic acids is 5. The third-order valence-corrected chi connectivity index (χ3v) is 7.66. The van der Waals surface area contributed by atoms with Crippen molar-refractivity contribution in [2.75, 3.05) is 12.3 Å². The van der Waals surface area contributed by atoms with Gasteiger partial charge < -0.3 is 31.1 Å². The molecule has 240 valence electrons. The van der Waals surface area contributed by atoms with Gasteiger partial charge in [0.05, 0.1) is 6.04 Å². The van der Waals surface area contributed by atoms with Gasteiger partial charge in [0.2, 0.25) is 22.8 Å². The Bertz CT molecular complexity index is 944. The molecule has 13 heteroatoms. The summed E-state index contributed by atoms with van der Waals surface area (Å²) >= 11 is 0.905. The van der Waals surface area contributed by atoms with E-state index in [2.05, 4.69) is 21.3 Å². The highest BCUT2D eigenvalue weighted by Gasteiger charge is 2.31. The molecule has 0 aliphatic heterocycles. The van der Waals surface area contributed by atoms with E-state index in [1.54, 1.807) is 20.8 Å². The standard InChI is InChI=1S/C29H50N4O8S/c1-7-12-21(25(37)42-18-16-22(34)33-29(5,6)26(38)39)32-24(36)20(31-23(35)19-13-8-9-14-19)15-10-11-17-30-27(40)41-28(2,3)4/h19-21H,7-18H2,1-6H3,(H,30,40)(H,31,35)(H,32,36)(H,33,34)(H,38,39)/t20-,21-/m0/s1. The lowest BCUT2D eigenvalue weighted by Crippen LogP contribution is -2.52. The summed E-state index contributed by atoms with van der Waals surface area (Å²) in [5.41, 5.74) is -2.03. The zero-order chi connectivity index (χ0) is 31.9. The van der Waals surface area contributed by atoms with E-state index in [0.29, 0.717) is 38.6 Å². The number of alkyl carbamates (subject to hydrolysis) is 1. The molecule has 0 aromatic rings. The van der Waals surface area contributed by atoms with Crippen LogP contribution in [0.1, 0.15) is 106 Å². The Labute approximate surface area is 253 Å². The van der Waals surface area contributed by atoms with Gasteiger partial charge in [-0.3, -0.25) is 19.2 Å². The topological polar surface area (TPSA) is 180 Å². The molecule has 0 unspecified atom stereocenters. The van der Waals surface area contributed by atoms with Crippen LogP contribution < -0.4 is 21.3 Å². The van der Waals surface area contributed by atoms with Crippen LogP contribution in [-0.2, 0) is 28.7 Å². The van der Waals surface area contributed by atoms with Crippen LogP contribution in [-0.4, -0.2) is 75.5 Å². The molecule has 1 aliphatic carbocycles. The average Bonchev–Trinajstić information content (AvgIpc) is 3.41. The molecule has 1 aliphatic rings. The maximum atomic E-state index is 13.3. The van der Waals surface area contributed by atoms with Crippen LogP contribution in [0.4, 0.5) is 4.79 Å². The predicted octanol–water partition coefficient (Wildman–Crippen LogP) is 3.27. The second-order valence-corrected chi connectivity index (χ2v) is 13.3. The van der Waals surface area contributed by atoms with Crippen molar-refractivity contribution in [1.82, 2.24) is 21.3 Å². The number of ether oxygens (including phenoxy) is 1. The normalized spacial score (nSPS) is 15.3. The summed E-state index contributed by atoms with van der Waals surface area (Å²) in [5, 5.41) is 19.6. The summed E-state index contributed by atoms with van der Waals surface area (Å²) in [6.07, 6.45) is 5.39. The van der Waals surface area contributed by atoms with Crippen LogP contribution in [0.3, 0.4) is 0 Å². The third kappa shape index (κ3) is 14.9. The SMILES string of the molecule is CCC[C@H](NC(=O)[C@H](CCCCNC(=O)OC(C)(C)C)NC(=O)C1CCCC1)C(=O)SCCC(=O)NC(C)(C)C(=O)O. The number of thioether (sulfide) groups is 1. The van der Waals surface area contributed by atoms with E-state index in [-0.39, 0.29) is 29.1 Å². The fraction of sp³-hybridized carbons (Fsp3) is 0.793. The molecule has 4 amide bonds. The second kappa shape index (κ2) is 18.0. The molecule has 0 aromatic heterocycles. The van der Waals surface area contributed by atoms with Crippen LogP contribution >= 0.6 is 11.8 Å². The van der Waals surface area contributed by atoms with Crippen LogP contribution in [0.25, 0.3) is 0 Å². The van der Waals surface area contributed by atoms with Gasteiger partial charge in [-0.25, -0.2) is 9.59 Å². The van der Waals surface area contributed by atoms with Gasteiger partial charge in [0, 0.05) is 24.6 Å². The summed E-state index contributed by atoms with van der Waals surface area (Å²) in [7, 11) is 0. The Hall–Kier alpha value is -2.83. The van der Waals surface area contributed by atoms with Gasteiger partial charge >= 0.3 is 12.1 Å². The smallest absolute Gasteiger partial charge is 0.407 e. The van der Waals surface area contributed by atoms with E-state index in [0.717, 1.165) is 37.4 Å². The van der Waals surface area contributed by atoms with Crippen molar-refractivity contribution in [1.29, 1.82) is 0 Å². The van der Waals surface area contributed by atoms with Crippen molar-refractivity contribution in [2.45, 2.75) is 129 Å². The third-order valence-electron chi connectivity index (χ3n) is 6.69. The average molecular weight is 615 g/mol. The van der Waals surface area contributed by atoms with E-state index in [1.165, 1.54) is 13.8 Å². The molecule has 1 rings (SSSR count). The first-order valence-electron chi connectivity index (χ1n) is 14.8. The van der Waals surface area contributed by atoms with Gasteiger partial charge in [-0.05, 0) is 73.1 Å². The largest absolute Gasteiger partial charge is 0.480 e. The summed E-state index contributed by atoms with van der Waals surface area (Å²) in [4.78, 5) is 74.3. The molecule has 5 N–H and O–H groups in total. The Morgan fingerprint density at radius 2 is 1.57 bits per heavy atom. The molecule has 0 aromatic carbocycles. The molecule has 0 radical (unpaired) electrons. The minimum absolute atomic E-state index is 0.0582. The van der Waals surface area contributed by atoms with Crippen molar-refractivity contribution >= 4 is 46.7 Å². The lowest BCUT2D eigenvalue weighted by Gasteiger charge is -2.24. The molecule has 1 saturated carbocycles. The van der Waals surface area contributed by atoms with E-state index in [1.807, 2.05) is 6.92 Å². The van der Waals surface area contributed by atoms with E-state index in [9.17, 15) is 28.8 Å². The van der Waals surface area contributed by atoms with Crippen molar-refractivity contribution in [3.05, 3.63) is 0 Å². The minimum atomic E-state index is -1.42. The first-order valence-corrected chi connectivity index (χ1v) is 15.8. The second-order valence-electron chi connectivity index (χ2n) is 12.2. The maximum Gasteiger partial charge on any atom is 0.407 e. The molecule has 0 saturated heterocycles. The van der Waals surface area contributed by atoms with Crippen molar-refractivity contribution in [3.63, 3.8) is 0 Å². The van der Waals surface area contributed by atoms with Gasteiger partial charge in [-0.2, -0.15) is 0 Å². The Morgan fingerprint density at radius 1 is 0.929 bits per heavy atom. The number of aliphatic carboxylic acids is 1. The lowest BCUT2D eigenvalue weighted by molar-refractivity contribution is -0.146. The van der Waals surface area contributed by atoms with Crippen molar-refractivity contribution < 1.29 is 38.6 Å². The number of carbonyl (C=O) groups is 6. The van der Waals surface area contributed by atoms with Gasteiger partial charge in [0.15, 0.2) is 0 Å². The Morgan fingerprint density at radius 3 is 2.14 bits per heavy atom. The highest BCUT2D eigenvalue weighted by Crippen LogP contribution is 2.25. The number of carboxylic acid groups (broad SMARTS) is 1. The highest BCUT2D eigenvalue weighted by molar-refractivity contribution is 8.13. The van der Waals surface area contributed by atoms with Crippen LogP contribution in [0.15, 0.2) is 0 Å². The molecular formula is C29H50N4O8S. The van der Waals surface area contributed by atoms with Gasteiger partial charge in [-0.1, -0.05) is 37.9 Å². The number of amides is 4. The molecular weight excluding hydrogens is 564 g/mol. The van der Waals surface area contributed by atoms with E-state index < -0.39 is 47.1 Å². The molecule has 0 spiro atoms. The fourth-order valence-corrected chi connectivity index (χ4v) is 5.21. The number of carboxylic acids is 1. The van der Waals surface area contributed by atoms with Crippen LogP contribution in [0.5, 0.6) is 0 Å². The zero-order valence-electron chi connectivity index (χ0n) is 25.9. The first kappa shape index (κ1) is 37.2.